The highest BCUT2D eigenvalue weighted by Crippen LogP contribution is 2.26. The highest BCUT2D eigenvalue weighted by Gasteiger charge is 2.10. The number of ketones is 1. The molecule has 3 nitrogen and oxygen atoms in total. The number of imidazole rings is 1. The van der Waals surface area contributed by atoms with Crippen LogP contribution in [0.3, 0.4) is 0 Å². The van der Waals surface area contributed by atoms with Crippen molar-refractivity contribution in [1.82, 2.24) is 9.55 Å². The molecule has 1 aromatic heterocycles. The van der Waals surface area contributed by atoms with E-state index in [1.165, 1.54) is 11.1 Å². The molecule has 20 heavy (non-hydrogen) atoms. The number of carbonyl (C=O) groups is 1. The van der Waals surface area contributed by atoms with Crippen molar-refractivity contribution in [2.75, 3.05) is 0 Å². The number of halogens is 1. The van der Waals surface area contributed by atoms with Gasteiger partial charge in [0.25, 0.3) is 0 Å². The first-order valence-corrected chi connectivity index (χ1v) is 7.72. The quantitative estimate of drug-likeness (QED) is 0.755. The van der Waals surface area contributed by atoms with Crippen LogP contribution in [0.25, 0.3) is 5.69 Å². The fraction of sp³-hybridized carbons (Fsp3) is 0.375. The highest BCUT2D eigenvalue weighted by molar-refractivity contribution is 9.10. The molecule has 106 valence electrons. The zero-order valence-corrected chi connectivity index (χ0v) is 13.7. The molecule has 0 atom stereocenters. The Morgan fingerprint density at radius 2 is 2.10 bits per heavy atom. The SMILES string of the molecule is CCCc1c(C)cc(-n2cnc(C(=O)CC)c2)cc1Br. The molecule has 0 aliphatic carbocycles. The van der Waals surface area contributed by atoms with Crippen LogP contribution in [0, 0.1) is 6.92 Å². The van der Waals surface area contributed by atoms with Crippen LogP contribution in [-0.2, 0) is 6.42 Å². The summed E-state index contributed by atoms with van der Waals surface area (Å²) in [6.07, 6.45) is 6.17. The lowest BCUT2D eigenvalue weighted by Crippen LogP contribution is -1.98. The molecule has 2 aromatic rings. The minimum absolute atomic E-state index is 0.0714. The lowest BCUT2D eigenvalue weighted by Gasteiger charge is -2.11. The molecule has 0 N–H and O–H groups in total. The summed E-state index contributed by atoms with van der Waals surface area (Å²) in [5.41, 5.74) is 4.16. The Bertz CT molecular complexity index is 608. The van der Waals surface area contributed by atoms with Gasteiger partial charge in [0.05, 0.1) is 0 Å². The van der Waals surface area contributed by atoms with E-state index in [1.807, 2.05) is 11.5 Å². The maximum Gasteiger partial charge on any atom is 0.182 e. The Kier molecular flexibility index (Phi) is 4.76. The number of hydrogen-bond acceptors (Lipinski definition) is 2. The average Bonchev–Trinajstić information content (AvgIpc) is 2.91. The lowest BCUT2D eigenvalue weighted by molar-refractivity contribution is 0.0984. The molecular formula is C16H19BrN2O. The Labute approximate surface area is 128 Å². The smallest absolute Gasteiger partial charge is 0.182 e. The van der Waals surface area contributed by atoms with E-state index in [1.54, 1.807) is 12.5 Å². The maximum atomic E-state index is 11.6. The van der Waals surface area contributed by atoms with Gasteiger partial charge >= 0.3 is 0 Å². The average molecular weight is 335 g/mol. The number of Topliss-reactive ketones (excluding diaryl/α,β-unsaturated/α-hetero) is 1. The van der Waals surface area contributed by atoms with E-state index < -0.39 is 0 Å². The summed E-state index contributed by atoms with van der Waals surface area (Å²) in [6, 6.07) is 4.22. The topological polar surface area (TPSA) is 34.9 Å². The Morgan fingerprint density at radius 1 is 1.35 bits per heavy atom. The third-order valence-corrected chi connectivity index (χ3v) is 4.10. The minimum atomic E-state index is 0.0714. The van der Waals surface area contributed by atoms with Gasteiger partial charge in [-0.2, -0.15) is 0 Å². The van der Waals surface area contributed by atoms with Gasteiger partial charge in [0.1, 0.15) is 12.0 Å². The van der Waals surface area contributed by atoms with Crippen LogP contribution in [0.15, 0.2) is 29.1 Å². The van der Waals surface area contributed by atoms with Crippen LogP contribution < -0.4 is 0 Å². The van der Waals surface area contributed by atoms with E-state index in [0.29, 0.717) is 12.1 Å². The van der Waals surface area contributed by atoms with Gasteiger partial charge in [-0.1, -0.05) is 36.2 Å². The summed E-state index contributed by atoms with van der Waals surface area (Å²) >= 11 is 3.64. The van der Waals surface area contributed by atoms with Crippen LogP contribution in [-0.4, -0.2) is 15.3 Å². The molecule has 0 bridgehead atoms. The number of rotatable bonds is 5. The molecular weight excluding hydrogens is 316 g/mol. The summed E-state index contributed by atoms with van der Waals surface area (Å²) in [5, 5.41) is 0. The zero-order chi connectivity index (χ0) is 14.7. The molecule has 0 fully saturated rings. The normalized spacial score (nSPS) is 10.8. The van der Waals surface area contributed by atoms with Gasteiger partial charge in [0, 0.05) is 22.8 Å². The van der Waals surface area contributed by atoms with E-state index in [-0.39, 0.29) is 5.78 Å². The molecule has 0 amide bonds. The van der Waals surface area contributed by atoms with Crippen molar-refractivity contribution in [3.8, 4) is 5.69 Å². The van der Waals surface area contributed by atoms with E-state index >= 15 is 0 Å². The number of aromatic nitrogens is 2. The van der Waals surface area contributed by atoms with Gasteiger partial charge in [-0.25, -0.2) is 4.98 Å². The molecule has 0 saturated heterocycles. The lowest BCUT2D eigenvalue weighted by atomic mass is 10.0. The number of hydrogen-bond donors (Lipinski definition) is 0. The predicted molar refractivity (Wildman–Crippen MR) is 84.6 cm³/mol. The molecule has 0 aliphatic heterocycles. The summed E-state index contributed by atoms with van der Waals surface area (Å²) in [5.74, 6) is 0.0714. The number of carbonyl (C=O) groups excluding carboxylic acids is 1. The third kappa shape index (κ3) is 3.01. The Balaban J connectivity index is 2.38. The van der Waals surface area contributed by atoms with Crippen molar-refractivity contribution >= 4 is 21.7 Å². The van der Waals surface area contributed by atoms with E-state index in [2.05, 4.69) is 46.9 Å². The number of nitrogens with zero attached hydrogens (tertiary/aromatic N) is 2. The second kappa shape index (κ2) is 6.35. The summed E-state index contributed by atoms with van der Waals surface area (Å²) < 4.78 is 3.02. The predicted octanol–water partition coefficient (Wildman–Crippen LogP) is 4.49. The Morgan fingerprint density at radius 3 is 2.70 bits per heavy atom. The van der Waals surface area contributed by atoms with Crippen LogP contribution in [0.5, 0.6) is 0 Å². The summed E-state index contributed by atoms with van der Waals surface area (Å²) in [4.78, 5) is 15.8. The van der Waals surface area contributed by atoms with Gasteiger partial charge < -0.3 is 4.57 Å². The number of aryl methyl sites for hydroxylation is 1. The van der Waals surface area contributed by atoms with Crippen LogP contribution >= 0.6 is 15.9 Å². The standard InChI is InChI=1S/C16H19BrN2O/c1-4-6-13-11(3)7-12(8-14(13)17)19-9-15(18-10-19)16(20)5-2/h7-10H,4-6H2,1-3H3. The van der Waals surface area contributed by atoms with Crippen molar-refractivity contribution in [2.45, 2.75) is 40.0 Å². The van der Waals surface area contributed by atoms with E-state index in [4.69, 9.17) is 0 Å². The maximum absolute atomic E-state index is 11.6. The molecule has 1 heterocycles. The first-order chi connectivity index (χ1) is 9.56. The van der Waals surface area contributed by atoms with Gasteiger partial charge in [0.2, 0.25) is 0 Å². The van der Waals surface area contributed by atoms with Crippen LogP contribution in [0.4, 0.5) is 0 Å². The van der Waals surface area contributed by atoms with Crippen LogP contribution in [0.1, 0.15) is 48.3 Å². The molecule has 0 saturated carbocycles. The first kappa shape index (κ1) is 15.0. The molecule has 0 radical (unpaired) electrons. The zero-order valence-electron chi connectivity index (χ0n) is 12.1. The molecule has 0 unspecified atom stereocenters. The molecule has 0 aliphatic rings. The van der Waals surface area contributed by atoms with Gasteiger partial charge in [-0.3, -0.25) is 4.79 Å². The monoisotopic (exact) mass is 334 g/mol. The highest BCUT2D eigenvalue weighted by atomic mass is 79.9. The van der Waals surface area contributed by atoms with Crippen molar-refractivity contribution < 1.29 is 4.79 Å². The third-order valence-electron chi connectivity index (χ3n) is 3.39. The molecule has 1 aromatic carbocycles. The van der Waals surface area contributed by atoms with Crippen molar-refractivity contribution in [1.29, 1.82) is 0 Å². The minimum Gasteiger partial charge on any atom is -0.306 e. The van der Waals surface area contributed by atoms with E-state index in [0.717, 1.165) is 23.0 Å². The van der Waals surface area contributed by atoms with Crippen molar-refractivity contribution in [3.05, 3.63) is 46.0 Å². The largest absolute Gasteiger partial charge is 0.306 e. The molecule has 0 spiro atoms. The fourth-order valence-corrected chi connectivity index (χ4v) is 3.01. The molecule has 2 rings (SSSR count). The summed E-state index contributed by atoms with van der Waals surface area (Å²) in [6.45, 7) is 6.15. The van der Waals surface area contributed by atoms with Crippen molar-refractivity contribution in [2.24, 2.45) is 0 Å². The van der Waals surface area contributed by atoms with Gasteiger partial charge in [-0.05, 0) is 36.6 Å². The first-order valence-electron chi connectivity index (χ1n) is 6.93. The van der Waals surface area contributed by atoms with E-state index in [9.17, 15) is 4.79 Å². The second-order valence-electron chi connectivity index (χ2n) is 4.92. The van der Waals surface area contributed by atoms with Crippen molar-refractivity contribution in [3.63, 3.8) is 0 Å². The molecule has 4 heteroatoms. The van der Waals surface area contributed by atoms with Gasteiger partial charge in [0.15, 0.2) is 5.78 Å². The number of benzene rings is 1. The fourth-order valence-electron chi connectivity index (χ4n) is 2.26. The Hall–Kier alpha value is -1.42. The second-order valence-corrected chi connectivity index (χ2v) is 5.77. The van der Waals surface area contributed by atoms with Gasteiger partial charge in [-0.15, -0.1) is 0 Å². The summed E-state index contributed by atoms with van der Waals surface area (Å²) in [7, 11) is 0. The van der Waals surface area contributed by atoms with Crippen LogP contribution in [0.2, 0.25) is 0 Å².